The molecule has 0 amide bonds. The zero-order chi connectivity index (χ0) is 54.3. The standard InChI is InChI=1S/C69H130O6/c1-4-7-10-13-16-18-20-22-24-26-28-30-32-33-34-35-37-38-40-42-44-46-48-50-53-56-59-62-68(71)74-65-66(64-73-67(70)61-58-55-52-15-12-9-6-3)75-69(72)63-60-57-54-51-49-47-45-43-41-39-36-31-29-27-25-23-21-19-17-14-11-8-5-2/h20,22,26,28,66H,4-19,21,23-25,27,29-65H2,1-3H3/b22-20-,28-26-. The second-order valence-corrected chi connectivity index (χ2v) is 23.1. The summed E-state index contributed by atoms with van der Waals surface area (Å²) in [4.78, 5) is 38.1. The van der Waals surface area contributed by atoms with Gasteiger partial charge in [0.25, 0.3) is 0 Å². The summed E-state index contributed by atoms with van der Waals surface area (Å²) in [6.45, 7) is 6.66. The lowest BCUT2D eigenvalue weighted by Gasteiger charge is -2.18. The SMILES string of the molecule is CCCCCCC/C=C\C/C=C\CCCCCCCCCCCCCCCCCC(=O)OCC(COC(=O)CCCCCCCCC)OC(=O)CCCCCCCCCCCCCCCCCCCCCCCCC. The summed E-state index contributed by atoms with van der Waals surface area (Å²) in [5.41, 5.74) is 0. The summed E-state index contributed by atoms with van der Waals surface area (Å²) in [7, 11) is 0. The molecule has 0 saturated carbocycles. The molecular formula is C69H130O6. The molecule has 0 aliphatic heterocycles. The topological polar surface area (TPSA) is 78.9 Å². The second kappa shape index (κ2) is 64.4. The first-order chi connectivity index (χ1) is 37.0. The van der Waals surface area contributed by atoms with E-state index >= 15 is 0 Å². The fourth-order valence-electron chi connectivity index (χ4n) is 10.4. The van der Waals surface area contributed by atoms with Gasteiger partial charge in [-0.2, -0.15) is 0 Å². The molecule has 442 valence electrons. The average molecular weight is 1060 g/mol. The zero-order valence-corrected chi connectivity index (χ0v) is 50.8. The number of rotatable bonds is 63. The lowest BCUT2D eigenvalue weighted by molar-refractivity contribution is -0.167. The molecule has 0 aliphatic carbocycles. The van der Waals surface area contributed by atoms with E-state index < -0.39 is 6.10 Å². The summed E-state index contributed by atoms with van der Waals surface area (Å²) in [5.74, 6) is -0.844. The van der Waals surface area contributed by atoms with Crippen LogP contribution in [0.5, 0.6) is 0 Å². The molecule has 0 aromatic heterocycles. The number of allylic oxidation sites excluding steroid dienone is 4. The van der Waals surface area contributed by atoms with Crippen molar-refractivity contribution in [3.8, 4) is 0 Å². The minimum absolute atomic E-state index is 0.0652. The van der Waals surface area contributed by atoms with Crippen molar-refractivity contribution in [2.24, 2.45) is 0 Å². The average Bonchev–Trinajstić information content (AvgIpc) is 3.41. The highest BCUT2D eigenvalue weighted by Gasteiger charge is 2.19. The molecule has 6 heteroatoms. The van der Waals surface area contributed by atoms with E-state index in [1.807, 2.05) is 0 Å². The Labute approximate surface area is 468 Å². The Morgan fingerprint density at radius 1 is 0.267 bits per heavy atom. The van der Waals surface area contributed by atoms with Crippen molar-refractivity contribution in [1.82, 2.24) is 0 Å². The minimum atomic E-state index is -0.765. The highest BCUT2D eigenvalue weighted by molar-refractivity contribution is 5.71. The van der Waals surface area contributed by atoms with E-state index in [0.717, 1.165) is 64.2 Å². The molecule has 0 saturated heterocycles. The lowest BCUT2D eigenvalue weighted by Crippen LogP contribution is -2.30. The van der Waals surface area contributed by atoms with Crippen molar-refractivity contribution in [3.05, 3.63) is 24.3 Å². The van der Waals surface area contributed by atoms with Gasteiger partial charge in [0.15, 0.2) is 6.10 Å². The normalized spacial score (nSPS) is 12.1. The van der Waals surface area contributed by atoms with Gasteiger partial charge in [0.2, 0.25) is 0 Å². The molecule has 75 heavy (non-hydrogen) atoms. The third-order valence-corrected chi connectivity index (χ3v) is 15.5. The fraction of sp³-hybridized carbons (Fsp3) is 0.899. The third kappa shape index (κ3) is 62.6. The first-order valence-corrected chi connectivity index (χ1v) is 33.8. The Morgan fingerprint density at radius 3 is 0.733 bits per heavy atom. The predicted molar refractivity (Wildman–Crippen MR) is 326 cm³/mol. The van der Waals surface area contributed by atoms with Crippen molar-refractivity contribution in [3.63, 3.8) is 0 Å². The summed E-state index contributed by atoms with van der Waals surface area (Å²) >= 11 is 0. The molecule has 0 radical (unpaired) electrons. The van der Waals surface area contributed by atoms with Crippen LogP contribution >= 0.6 is 0 Å². The molecule has 0 heterocycles. The molecule has 1 unspecified atom stereocenters. The number of hydrogen-bond donors (Lipinski definition) is 0. The number of unbranched alkanes of at least 4 members (excludes halogenated alkanes) is 48. The van der Waals surface area contributed by atoms with E-state index in [1.165, 1.54) is 276 Å². The highest BCUT2D eigenvalue weighted by atomic mass is 16.6. The number of carbonyl (C=O) groups is 3. The molecule has 1 atom stereocenters. The van der Waals surface area contributed by atoms with E-state index in [2.05, 4.69) is 45.1 Å². The molecule has 0 aromatic carbocycles. The number of carbonyl (C=O) groups excluding carboxylic acids is 3. The van der Waals surface area contributed by atoms with Crippen molar-refractivity contribution >= 4 is 17.9 Å². The Hall–Kier alpha value is -2.11. The van der Waals surface area contributed by atoms with Crippen LogP contribution in [0.25, 0.3) is 0 Å². The Balaban J connectivity index is 4.04. The van der Waals surface area contributed by atoms with Gasteiger partial charge in [0, 0.05) is 19.3 Å². The second-order valence-electron chi connectivity index (χ2n) is 23.1. The Kier molecular flexibility index (Phi) is 62.6. The van der Waals surface area contributed by atoms with Crippen LogP contribution in [0.15, 0.2) is 24.3 Å². The third-order valence-electron chi connectivity index (χ3n) is 15.5. The van der Waals surface area contributed by atoms with E-state index in [0.29, 0.717) is 19.3 Å². The van der Waals surface area contributed by atoms with Crippen molar-refractivity contribution in [2.45, 2.75) is 386 Å². The van der Waals surface area contributed by atoms with Crippen LogP contribution in [0.4, 0.5) is 0 Å². The van der Waals surface area contributed by atoms with E-state index in [4.69, 9.17) is 14.2 Å². The number of ether oxygens (including phenoxy) is 3. The van der Waals surface area contributed by atoms with Crippen molar-refractivity contribution in [2.75, 3.05) is 13.2 Å². The first-order valence-electron chi connectivity index (χ1n) is 33.8. The molecule has 0 aliphatic rings. The largest absolute Gasteiger partial charge is 0.462 e. The van der Waals surface area contributed by atoms with E-state index in [1.54, 1.807) is 0 Å². The highest BCUT2D eigenvalue weighted by Crippen LogP contribution is 2.18. The monoisotopic (exact) mass is 1050 g/mol. The van der Waals surface area contributed by atoms with Crippen molar-refractivity contribution in [1.29, 1.82) is 0 Å². The van der Waals surface area contributed by atoms with E-state index in [-0.39, 0.29) is 31.1 Å². The molecule has 0 spiro atoms. The van der Waals surface area contributed by atoms with Crippen LogP contribution in [0, 0.1) is 0 Å². The molecule has 0 aromatic rings. The maximum atomic E-state index is 12.9. The van der Waals surface area contributed by atoms with Gasteiger partial charge in [-0.3, -0.25) is 14.4 Å². The molecular weight excluding hydrogens is 925 g/mol. The fourth-order valence-corrected chi connectivity index (χ4v) is 10.4. The summed E-state index contributed by atoms with van der Waals surface area (Å²) in [6, 6.07) is 0. The maximum absolute atomic E-state index is 12.9. The molecule has 0 bridgehead atoms. The molecule has 6 nitrogen and oxygen atoms in total. The van der Waals surface area contributed by atoms with Crippen LogP contribution in [0.3, 0.4) is 0 Å². The van der Waals surface area contributed by atoms with Gasteiger partial charge in [0.05, 0.1) is 0 Å². The van der Waals surface area contributed by atoms with Gasteiger partial charge in [-0.1, -0.05) is 334 Å². The molecule has 0 fully saturated rings. The number of esters is 3. The summed E-state index contributed by atoms with van der Waals surface area (Å²) in [5, 5.41) is 0. The van der Waals surface area contributed by atoms with Crippen LogP contribution < -0.4 is 0 Å². The first kappa shape index (κ1) is 72.9. The van der Waals surface area contributed by atoms with Crippen molar-refractivity contribution < 1.29 is 28.6 Å². The van der Waals surface area contributed by atoms with Gasteiger partial charge in [-0.05, 0) is 51.4 Å². The molecule has 0 rings (SSSR count). The van der Waals surface area contributed by atoms with Crippen LogP contribution in [0.2, 0.25) is 0 Å². The van der Waals surface area contributed by atoms with Gasteiger partial charge < -0.3 is 14.2 Å². The van der Waals surface area contributed by atoms with Gasteiger partial charge in [-0.15, -0.1) is 0 Å². The smallest absolute Gasteiger partial charge is 0.306 e. The van der Waals surface area contributed by atoms with Crippen LogP contribution in [0.1, 0.15) is 380 Å². The summed E-state index contributed by atoms with van der Waals surface area (Å²) in [6.07, 6.45) is 78.0. The number of hydrogen-bond acceptors (Lipinski definition) is 6. The van der Waals surface area contributed by atoms with Gasteiger partial charge in [0.1, 0.15) is 13.2 Å². The quantitative estimate of drug-likeness (QED) is 0.0261. The van der Waals surface area contributed by atoms with E-state index in [9.17, 15) is 14.4 Å². The maximum Gasteiger partial charge on any atom is 0.306 e. The summed E-state index contributed by atoms with van der Waals surface area (Å²) < 4.78 is 16.9. The van der Waals surface area contributed by atoms with Crippen LogP contribution in [-0.2, 0) is 28.6 Å². The zero-order valence-electron chi connectivity index (χ0n) is 50.8. The predicted octanol–water partition coefficient (Wildman–Crippen LogP) is 23.0. The minimum Gasteiger partial charge on any atom is -0.462 e. The van der Waals surface area contributed by atoms with Gasteiger partial charge in [-0.25, -0.2) is 0 Å². The van der Waals surface area contributed by atoms with Gasteiger partial charge >= 0.3 is 17.9 Å². The molecule has 0 N–H and O–H groups in total. The van der Waals surface area contributed by atoms with Crippen LogP contribution in [-0.4, -0.2) is 37.2 Å². The lowest BCUT2D eigenvalue weighted by atomic mass is 10.0. The Morgan fingerprint density at radius 2 is 0.480 bits per heavy atom. The Bertz CT molecular complexity index is 1210.